The molecule has 0 atom stereocenters. The van der Waals surface area contributed by atoms with Crippen molar-refractivity contribution in [2.45, 2.75) is 32.7 Å². The van der Waals surface area contributed by atoms with E-state index in [1.54, 1.807) is 0 Å². The molecule has 5 heteroatoms. The third-order valence-corrected chi connectivity index (χ3v) is 3.94. The van der Waals surface area contributed by atoms with Gasteiger partial charge in [-0.25, -0.2) is 0 Å². The molecule has 0 unspecified atom stereocenters. The molecule has 1 aliphatic heterocycles. The second kappa shape index (κ2) is 6.39. The number of aryl methyl sites for hydroxylation is 1. The zero-order valence-corrected chi connectivity index (χ0v) is 13.4. The Hall–Kier alpha value is -1.36. The van der Waals surface area contributed by atoms with Crippen molar-refractivity contribution < 1.29 is 9.59 Å². The Balaban J connectivity index is 1.99. The van der Waals surface area contributed by atoms with Crippen LogP contribution in [0, 0.1) is 6.92 Å². The van der Waals surface area contributed by atoms with Crippen molar-refractivity contribution in [3.8, 4) is 0 Å². The molecule has 2 rings (SSSR count). The molecular formula is C15H19BrN2O2. The predicted octanol–water partition coefficient (Wildman–Crippen LogP) is 2.50. The highest BCUT2D eigenvalue weighted by atomic mass is 79.9. The number of carbonyl (C=O) groups excluding carboxylic acids is 2. The van der Waals surface area contributed by atoms with E-state index in [-0.39, 0.29) is 17.9 Å². The summed E-state index contributed by atoms with van der Waals surface area (Å²) < 4.78 is 0.925. The average Bonchev–Trinajstić information content (AvgIpc) is 2.37. The van der Waals surface area contributed by atoms with Crippen molar-refractivity contribution in [3.05, 3.63) is 33.8 Å². The van der Waals surface area contributed by atoms with E-state index in [4.69, 9.17) is 0 Å². The van der Waals surface area contributed by atoms with E-state index in [1.165, 1.54) is 6.92 Å². The summed E-state index contributed by atoms with van der Waals surface area (Å²) in [6, 6.07) is 5.95. The minimum Gasteiger partial charge on any atom is -0.353 e. The van der Waals surface area contributed by atoms with Gasteiger partial charge in [-0.2, -0.15) is 0 Å². The van der Waals surface area contributed by atoms with Gasteiger partial charge in [0.05, 0.1) is 0 Å². The van der Waals surface area contributed by atoms with Crippen LogP contribution in [-0.2, 0) is 4.79 Å². The monoisotopic (exact) mass is 338 g/mol. The van der Waals surface area contributed by atoms with Crippen molar-refractivity contribution in [3.63, 3.8) is 0 Å². The number of piperidine rings is 1. The van der Waals surface area contributed by atoms with Gasteiger partial charge >= 0.3 is 0 Å². The molecule has 1 saturated heterocycles. The van der Waals surface area contributed by atoms with Gasteiger partial charge in [0.1, 0.15) is 0 Å². The van der Waals surface area contributed by atoms with Crippen molar-refractivity contribution in [2.75, 3.05) is 13.1 Å². The number of rotatable bonds is 2. The SMILES string of the molecule is CC(=O)NC1CCN(C(=O)c2cc(C)cc(Br)c2)CC1. The van der Waals surface area contributed by atoms with Gasteiger partial charge in [-0.05, 0) is 43.5 Å². The van der Waals surface area contributed by atoms with E-state index in [9.17, 15) is 9.59 Å². The fraction of sp³-hybridized carbons (Fsp3) is 0.467. The first-order valence-electron chi connectivity index (χ1n) is 6.79. The Labute approximate surface area is 127 Å². The zero-order valence-electron chi connectivity index (χ0n) is 11.8. The lowest BCUT2D eigenvalue weighted by Crippen LogP contribution is -2.46. The number of amides is 2. The number of likely N-dealkylation sites (tertiary alicyclic amines) is 1. The van der Waals surface area contributed by atoms with E-state index >= 15 is 0 Å². The third kappa shape index (κ3) is 3.82. The summed E-state index contributed by atoms with van der Waals surface area (Å²) in [6.45, 7) is 4.89. The average molecular weight is 339 g/mol. The molecule has 108 valence electrons. The number of hydrogen-bond donors (Lipinski definition) is 1. The summed E-state index contributed by atoms with van der Waals surface area (Å²) in [5.74, 6) is 0.0630. The molecule has 2 amide bonds. The standard InChI is InChI=1S/C15H19BrN2O2/c1-10-7-12(9-13(16)8-10)15(20)18-5-3-14(4-6-18)17-11(2)19/h7-9,14H,3-6H2,1-2H3,(H,17,19). The van der Waals surface area contributed by atoms with Crippen LogP contribution >= 0.6 is 15.9 Å². The first kappa shape index (κ1) is 15.0. The number of carbonyl (C=O) groups is 2. The van der Waals surface area contributed by atoms with Gasteiger partial charge in [0, 0.05) is 36.1 Å². The predicted molar refractivity (Wildman–Crippen MR) is 81.6 cm³/mol. The van der Waals surface area contributed by atoms with Gasteiger partial charge in [-0.15, -0.1) is 0 Å². The lowest BCUT2D eigenvalue weighted by Gasteiger charge is -2.32. The van der Waals surface area contributed by atoms with Crippen LogP contribution in [0.2, 0.25) is 0 Å². The molecule has 0 saturated carbocycles. The fourth-order valence-corrected chi connectivity index (χ4v) is 3.16. The van der Waals surface area contributed by atoms with E-state index in [0.29, 0.717) is 13.1 Å². The second-order valence-corrected chi connectivity index (χ2v) is 6.20. The van der Waals surface area contributed by atoms with Crippen molar-refractivity contribution in [1.82, 2.24) is 10.2 Å². The van der Waals surface area contributed by atoms with Gasteiger partial charge in [-0.1, -0.05) is 15.9 Å². The molecule has 20 heavy (non-hydrogen) atoms. The van der Waals surface area contributed by atoms with Crippen LogP contribution in [0.1, 0.15) is 35.7 Å². The molecule has 0 aromatic heterocycles. The number of halogens is 1. The van der Waals surface area contributed by atoms with Crippen LogP contribution in [0.3, 0.4) is 0 Å². The first-order chi connectivity index (χ1) is 9.45. The minimum atomic E-state index is -0.00242. The molecule has 1 aromatic carbocycles. The molecule has 1 aliphatic rings. The van der Waals surface area contributed by atoms with Gasteiger partial charge in [0.15, 0.2) is 0 Å². The van der Waals surface area contributed by atoms with E-state index in [0.717, 1.165) is 28.4 Å². The molecule has 1 heterocycles. The fourth-order valence-electron chi connectivity index (χ4n) is 2.56. The van der Waals surface area contributed by atoms with Crippen LogP contribution in [0.25, 0.3) is 0 Å². The molecular weight excluding hydrogens is 320 g/mol. The van der Waals surface area contributed by atoms with Gasteiger partial charge in [-0.3, -0.25) is 9.59 Å². The molecule has 1 fully saturated rings. The highest BCUT2D eigenvalue weighted by Gasteiger charge is 2.24. The Kier molecular flexibility index (Phi) is 4.81. The lowest BCUT2D eigenvalue weighted by molar-refractivity contribution is -0.119. The smallest absolute Gasteiger partial charge is 0.253 e. The van der Waals surface area contributed by atoms with Crippen molar-refractivity contribution in [2.24, 2.45) is 0 Å². The van der Waals surface area contributed by atoms with Crippen LogP contribution in [0.5, 0.6) is 0 Å². The lowest BCUT2D eigenvalue weighted by atomic mass is 10.0. The van der Waals surface area contributed by atoms with Gasteiger partial charge in [0.25, 0.3) is 5.91 Å². The van der Waals surface area contributed by atoms with E-state index in [1.807, 2.05) is 30.0 Å². The minimum absolute atomic E-state index is 0.00242. The summed E-state index contributed by atoms with van der Waals surface area (Å²) >= 11 is 3.42. The van der Waals surface area contributed by atoms with Crippen molar-refractivity contribution in [1.29, 1.82) is 0 Å². The molecule has 1 N–H and O–H groups in total. The van der Waals surface area contributed by atoms with Crippen LogP contribution < -0.4 is 5.32 Å². The number of benzene rings is 1. The maximum absolute atomic E-state index is 12.5. The first-order valence-corrected chi connectivity index (χ1v) is 7.58. The Morgan fingerprint density at radius 3 is 2.45 bits per heavy atom. The molecule has 0 aliphatic carbocycles. The van der Waals surface area contributed by atoms with E-state index in [2.05, 4.69) is 21.2 Å². The van der Waals surface area contributed by atoms with E-state index < -0.39 is 0 Å². The molecule has 0 spiro atoms. The summed E-state index contributed by atoms with van der Waals surface area (Å²) in [5, 5.41) is 2.91. The Morgan fingerprint density at radius 2 is 1.90 bits per heavy atom. The highest BCUT2D eigenvalue weighted by Crippen LogP contribution is 2.19. The maximum atomic E-state index is 12.5. The largest absolute Gasteiger partial charge is 0.353 e. The van der Waals surface area contributed by atoms with Gasteiger partial charge in [0.2, 0.25) is 5.91 Å². The van der Waals surface area contributed by atoms with Crippen LogP contribution in [0.15, 0.2) is 22.7 Å². The van der Waals surface area contributed by atoms with Crippen molar-refractivity contribution >= 4 is 27.7 Å². The molecule has 1 aromatic rings. The maximum Gasteiger partial charge on any atom is 0.253 e. The zero-order chi connectivity index (χ0) is 14.7. The van der Waals surface area contributed by atoms with Gasteiger partial charge < -0.3 is 10.2 Å². The van der Waals surface area contributed by atoms with Crippen LogP contribution in [-0.4, -0.2) is 35.8 Å². The number of nitrogens with zero attached hydrogens (tertiary/aromatic N) is 1. The topological polar surface area (TPSA) is 49.4 Å². The second-order valence-electron chi connectivity index (χ2n) is 5.28. The summed E-state index contributed by atoms with van der Waals surface area (Å²) in [4.78, 5) is 25.3. The number of hydrogen-bond acceptors (Lipinski definition) is 2. The van der Waals surface area contributed by atoms with Crippen LogP contribution in [0.4, 0.5) is 0 Å². The Morgan fingerprint density at radius 1 is 1.25 bits per heavy atom. The summed E-state index contributed by atoms with van der Waals surface area (Å²) in [5.41, 5.74) is 1.78. The summed E-state index contributed by atoms with van der Waals surface area (Å²) in [7, 11) is 0. The molecule has 0 bridgehead atoms. The molecule has 4 nitrogen and oxygen atoms in total. The molecule has 0 radical (unpaired) electrons. The number of nitrogens with one attached hydrogen (secondary N) is 1. The third-order valence-electron chi connectivity index (χ3n) is 3.48. The Bertz CT molecular complexity index is 502. The highest BCUT2D eigenvalue weighted by molar-refractivity contribution is 9.10. The quantitative estimate of drug-likeness (QED) is 0.900. The normalized spacial score (nSPS) is 16.1. The summed E-state index contributed by atoms with van der Waals surface area (Å²) in [6.07, 6.45) is 1.64.